The highest BCUT2D eigenvalue weighted by Gasteiger charge is 2.31. The van der Waals surface area contributed by atoms with Crippen LogP contribution in [0.5, 0.6) is 0 Å². The molecule has 3 N–H and O–H groups in total. The lowest BCUT2D eigenvalue weighted by atomic mass is 10.1. The number of hydrogen-bond donors (Lipinski definition) is 2. The fourth-order valence-corrected chi connectivity index (χ4v) is 2.90. The molecule has 1 aromatic heterocycles. The lowest BCUT2D eigenvalue weighted by molar-refractivity contribution is -0.137. The summed E-state index contributed by atoms with van der Waals surface area (Å²) in [6.45, 7) is 0. The summed E-state index contributed by atoms with van der Waals surface area (Å²) in [7, 11) is 0. The molecule has 0 spiro atoms. The Morgan fingerprint density at radius 3 is 2.48 bits per heavy atom. The maximum Gasteiger partial charge on any atom is 0.416 e. The van der Waals surface area contributed by atoms with E-state index in [1.807, 2.05) is 30.3 Å². The molecule has 0 saturated carbocycles. The molecule has 3 rings (SSSR count). The average molecular weight is 363 g/mol. The van der Waals surface area contributed by atoms with Gasteiger partial charge < -0.3 is 5.73 Å². The van der Waals surface area contributed by atoms with Crippen LogP contribution in [0.25, 0.3) is 11.3 Å². The Morgan fingerprint density at radius 2 is 1.84 bits per heavy atom. The van der Waals surface area contributed by atoms with Crippen molar-refractivity contribution in [1.29, 1.82) is 0 Å². The van der Waals surface area contributed by atoms with E-state index in [9.17, 15) is 18.0 Å². The summed E-state index contributed by atoms with van der Waals surface area (Å²) in [5, 5.41) is 4.67. The molecule has 0 saturated heterocycles. The Kier molecular flexibility index (Phi) is 4.45. The van der Waals surface area contributed by atoms with Crippen LogP contribution >= 0.6 is 11.3 Å². The quantitative estimate of drug-likeness (QED) is 0.665. The number of nitrogens with one attached hydrogen (secondary N) is 1. The second kappa shape index (κ2) is 6.56. The zero-order valence-corrected chi connectivity index (χ0v) is 13.5. The molecule has 0 unspecified atom stereocenters. The molecule has 0 radical (unpaired) electrons. The fourth-order valence-electron chi connectivity index (χ4n) is 2.18. The topological polar surface area (TPSA) is 68.0 Å². The number of halogens is 3. The van der Waals surface area contributed by atoms with Gasteiger partial charge in [0.2, 0.25) is 0 Å². The number of nitrogen functional groups attached to an aromatic ring is 1. The zero-order chi connectivity index (χ0) is 18.0. The first-order valence-corrected chi connectivity index (χ1v) is 8.01. The molecule has 0 aliphatic rings. The van der Waals surface area contributed by atoms with Crippen LogP contribution in [-0.4, -0.2) is 10.9 Å². The van der Waals surface area contributed by atoms with E-state index < -0.39 is 17.6 Å². The summed E-state index contributed by atoms with van der Waals surface area (Å²) in [4.78, 5) is 16.5. The summed E-state index contributed by atoms with van der Waals surface area (Å²) in [5.74, 6) is -0.611. The molecule has 0 fully saturated rings. The van der Waals surface area contributed by atoms with Crippen molar-refractivity contribution in [1.82, 2.24) is 4.98 Å². The maximum atomic E-state index is 12.6. The molecule has 8 heteroatoms. The van der Waals surface area contributed by atoms with E-state index in [-0.39, 0.29) is 11.3 Å². The second-order valence-electron chi connectivity index (χ2n) is 5.16. The van der Waals surface area contributed by atoms with Crippen molar-refractivity contribution in [2.24, 2.45) is 0 Å². The first-order valence-electron chi connectivity index (χ1n) is 7.13. The molecule has 1 amide bonds. The number of rotatable bonds is 3. The zero-order valence-electron chi connectivity index (χ0n) is 12.7. The summed E-state index contributed by atoms with van der Waals surface area (Å²) < 4.78 is 37.9. The SMILES string of the molecule is Nc1cc(C(F)(F)F)ccc1C(=O)Nc1nc(-c2ccccc2)cs1. The van der Waals surface area contributed by atoms with Crippen LogP contribution in [0.15, 0.2) is 53.9 Å². The fraction of sp³-hybridized carbons (Fsp3) is 0.0588. The van der Waals surface area contributed by atoms with Gasteiger partial charge in [-0.3, -0.25) is 10.1 Å². The first kappa shape index (κ1) is 17.0. The Balaban J connectivity index is 1.78. The monoisotopic (exact) mass is 363 g/mol. The van der Waals surface area contributed by atoms with Gasteiger partial charge in [0, 0.05) is 16.6 Å². The molecular formula is C17H12F3N3OS. The van der Waals surface area contributed by atoms with Crippen LogP contribution in [0.1, 0.15) is 15.9 Å². The molecule has 1 heterocycles. The summed E-state index contributed by atoms with van der Waals surface area (Å²) in [6.07, 6.45) is -4.51. The van der Waals surface area contributed by atoms with Gasteiger partial charge in [-0.2, -0.15) is 13.2 Å². The van der Waals surface area contributed by atoms with Crippen molar-refractivity contribution in [3.8, 4) is 11.3 Å². The third-order valence-electron chi connectivity index (χ3n) is 3.42. The number of carbonyl (C=O) groups is 1. The van der Waals surface area contributed by atoms with Crippen LogP contribution in [0.2, 0.25) is 0 Å². The molecule has 0 aliphatic carbocycles. The third kappa shape index (κ3) is 3.80. The van der Waals surface area contributed by atoms with Crippen LogP contribution in [0.4, 0.5) is 24.0 Å². The van der Waals surface area contributed by atoms with Crippen LogP contribution in [-0.2, 0) is 6.18 Å². The smallest absolute Gasteiger partial charge is 0.398 e. The molecule has 3 aromatic rings. The molecule has 0 aliphatic heterocycles. The van der Waals surface area contributed by atoms with E-state index >= 15 is 0 Å². The molecule has 0 bridgehead atoms. The maximum absolute atomic E-state index is 12.6. The highest BCUT2D eigenvalue weighted by Crippen LogP contribution is 2.32. The Labute approximate surface area is 145 Å². The number of aromatic nitrogens is 1. The Bertz CT molecular complexity index is 907. The molecule has 0 atom stereocenters. The van der Waals surface area contributed by atoms with Gasteiger partial charge in [-0.25, -0.2) is 4.98 Å². The molecule has 4 nitrogen and oxygen atoms in total. The average Bonchev–Trinajstić information content (AvgIpc) is 3.03. The van der Waals surface area contributed by atoms with Crippen molar-refractivity contribution in [3.63, 3.8) is 0 Å². The summed E-state index contributed by atoms with van der Waals surface area (Å²) in [6, 6.07) is 12.0. The largest absolute Gasteiger partial charge is 0.416 e. The van der Waals surface area contributed by atoms with Gasteiger partial charge in [0.1, 0.15) is 0 Å². The van der Waals surface area contributed by atoms with Crippen LogP contribution in [0.3, 0.4) is 0 Å². The Morgan fingerprint density at radius 1 is 1.12 bits per heavy atom. The van der Waals surface area contributed by atoms with Crippen molar-refractivity contribution in [2.75, 3.05) is 11.1 Å². The highest BCUT2D eigenvalue weighted by molar-refractivity contribution is 7.14. The lowest BCUT2D eigenvalue weighted by Crippen LogP contribution is -2.15. The van der Waals surface area contributed by atoms with Gasteiger partial charge in [-0.05, 0) is 18.2 Å². The van der Waals surface area contributed by atoms with E-state index in [4.69, 9.17) is 5.73 Å². The molecular weight excluding hydrogens is 351 g/mol. The molecule has 2 aromatic carbocycles. The van der Waals surface area contributed by atoms with Gasteiger partial charge >= 0.3 is 6.18 Å². The molecule has 128 valence electrons. The van der Waals surface area contributed by atoms with E-state index in [1.54, 1.807) is 5.38 Å². The summed E-state index contributed by atoms with van der Waals surface area (Å²) >= 11 is 1.22. The number of nitrogens with zero attached hydrogens (tertiary/aromatic N) is 1. The number of amides is 1. The van der Waals surface area contributed by atoms with Crippen LogP contribution in [0, 0.1) is 0 Å². The number of benzene rings is 2. The third-order valence-corrected chi connectivity index (χ3v) is 4.18. The number of hydrogen-bond acceptors (Lipinski definition) is 4. The number of anilines is 2. The van der Waals surface area contributed by atoms with Gasteiger partial charge in [-0.15, -0.1) is 11.3 Å². The number of thiazole rings is 1. The second-order valence-corrected chi connectivity index (χ2v) is 6.02. The molecule has 25 heavy (non-hydrogen) atoms. The highest BCUT2D eigenvalue weighted by atomic mass is 32.1. The van der Waals surface area contributed by atoms with Gasteiger partial charge in [-0.1, -0.05) is 30.3 Å². The lowest BCUT2D eigenvalue weighted by Gasteiger charge is -2.10. The van der Waals surface area contributed by atoms with E-state index in [1.165, 1.54) is 11.3 Å². The minimum absolute atomic E-state index is 0.0375. The van der Waals surface area contributed by atoms with Crippen molar-refractivity contribution >= 4 is 28.1 Å². The first-order chi connectivity index (χ1) is 11.8. The van der Waals surface area contributed by atoms with E-state index in [0.29, 0.717) is 10.8 Å². The van der Waals surface area contributed by atoms with Gasteiger partial charge in [0.25, 0.3) is 5.91 Å². The van der Waals surface area contributed by atoms with Crippen LogP contribution < -0.4 is 11.1 Å². The minimum atomic E-state index is -4.51. The summed E-state index contributed by atoms with van der Waals surface area (Å²) in [5.41, 5.74) is 6.00. The minimum Gasteiger partial charge on any atom is -0.398 e. The number of nitrogens with two attached hydrogens (primary N) is 1. The van der Waals surface area contributed by atoms with Crippen molar-refractivity contribution < 1.29 is 18.0 Å². The predicted molar refractivity (Wildman–Crippen MR) is 91.4 cm³/mol. The van der Waals surface area contributed by atoms with Gasteiger partial charge in [0.05, 0.1) is 16.8 Å². The van der Waals surface area contributed by atoms with Crippen molar-refractivity contribution in [2.45, 2.75) is 6.18 Å². The normalized spacial score (nSPS) is 11.3. The van der Waals surface area contributed by atoms with E-state index in [0.717, 1.165) is 23.8 Å². The number of alkyl halides is 3. The van der Waals surface area contributed by atoms with Gasteiger partial charge in [0.15, 0.2) is 5.13 Å². The predicted octanol–water partition coefficient (Wildman–Crippen LogP) is 4.66. The standard InChI is InChI=1S/C17H12F3N3OS/c18-17(19,20)11-6-7-12(13(21)8-11)15(24)23-16-22-14(9-25-16)10-4-2-1-3-5-10/h1-9H,21H2,(H,22,23,24). The number of carbonyl (C=O) groups excluding carboxylic acids is 1. The van der Waals surface area contributed by atoms with Crippen molar-refractivity contribution in [3.05, 3.63) is 65.0 Å². The van der Waals surface area contributed by atoms with E-state index in [2.05, 4.69) is 10.3 Å². The Hall–Kier alpha value is -2.87.